The van der Waals surface area contributed by atoms with Crippen LogP contribution in [0.2, 0.25) is 5.02 Å². The molecule has 0 bridgehead atoms. The normalized spacial score (nSPS) is 24.8. The molecular formula is C12H16ClFN2. The van der Waals surface area contributed by atoms with Crippen LogP contribution in [-0.4, -0.2) is 19.1 Å². The molecule has 1 fully saturated rings. The summed E-state index contributed by atoms with van der Waals surface area (Å²) in [7, 11) is 1.88. The standard InChI is InChI=1S/C12H16ClFN2/c1-16(11-4-2-3-10(11)15)12-7-8(13)5-6-9(12)14/h5-7,10-11H,2-4,15H2,1H3. The molecule has 0 amide bonds. The fourth-order valence-corrected chi connectivity index (χ4v) is 2.55. The van der Waals surface area contributed by atoms with Gasteiger partial charge >= 0.3 is 0 Å². The smallest absolute Gasteiger partial charge is 0.146 e. The summed E-state index contributed by atoms with van der Waals surface area (Å²) in [6, 6.07) is 4.95. The fourth-order valence-electron chi connectivity index (χ4n) is 2.38. The van der Waals surface area contributed by atoms with Crippen LogP contribution >= 0.6 is 11.6 Å². The predicted molar refractivity (Wildman–Crippen MR) is 65.4 cm³/mol. The van der Waals surface area contributed by atoms with Gasteiger partial charge in [0.1, 0.15) is 5.82 Å². The molecule has 2 unspecified atom stereocenters. The number of benzene rings is 1. The van der Waals surface area contributed by atoms with Crippen molar-refractivity contribution in [2.75, 3.05) is 11.9 Å². The number of hydrogen-bond acceptors (Lipinski definition) is 2. The van der Waals surface area contributed by atoms with Crippen LogP contribution < -0.4 is 10.6 Å². The first-order valence-corrected chi connectivity index (χ1v) is 5.91. The maximum Gasteiger partial charge on any atom is 0.146 e. The summed E-state index contributed by atoms with van der Waals surface area (Å²) in [5.41, 5.74) is 6.55. The SMILES string of the molecule is CN(c1cc(Cl)ccc1F)C1CCCC1N. The predicted octanol–water partition coefficient (Wildman–Crippen LogP) is 2.80. The average molecular weight is 243 g/mol. The molecule has 16 heavy (non-hydrogen) atoms. The molecule has 0 aromatic heterocycles. The van der Waals surface area contributed by atoms with Crippen molar-refractivity contribution in [2.24, 2.45) is 5.73 Å². The van der Waals surface area contributed by atoms with Crippen molar-refractivity contribution >= 4 is 17.3 Å². The Hall–Kier alpha value is -0.800. The highest BCUT2D eigenvalue weighted by molar-refractivity contribution is 6.30. The summed E-state index contributed by atoms with van der Waals surface area (Å²) in [4.78, 5) is 1.92. The van der Waals surface area contributed by atoms with E-state index in [0.717, 1.165) is 19.3 Å². The van der Waals surface area contributed by atoms with E-state index in [0.29, 0.717) is 10.7 Å². The van der Waals surface area contributed by atoms with Crippen molar-refractivity contribution in [3.8, 4) is 0 Å². The molecule has 0 radical (unpaired) electrons. The van der Waals surface area contributed by atoms with Crippen LogP contribution in [0, 0.1) is 5.82 Å². The number of halogens is 2. The Labute approximate surface area is 100 Å². The lowest BCUT2D eigenvalue weighted by Crippen LogP contribution is -2.42. The van der Waals surface area contributed by atoms with Crippen LogP contribution in [0.15, 0.2) is 18.2 Å². The fraction of sp³-hybridized carbons (Fsp3) is 0.500. The van der Waals surface area contributed by atoms with Gasteiger partial charge in [0.25, 0.3) is 0 Å². The van der Waals surface area contributed by atoms with E-state index in [9.17, 15) is 4.39 Å². The maximum absolute atomic E-state index is 13.7. The van der Waals surface area contributed by atoms with Crippen molar-refractivity contribution in [3.05, 3.63) is 29.0 Å². The highest BCUT2D eigenvalue weighted by atomic mass is 35.5. The lowest BCUT2D eigenvalue weighted by atomic mass is 10.1. The molecule has 0 aliphatic heterocycles. The second-order valence-corrected chi connectivity index (χ2v) is 4.81. The number of hydrogen-bond donors (Lipinski definition) is 1. The molecule has 1 aliphatic rings. The number of anilines is 1. The van der Waals surface area contributed by atoms with Crippen molar-refractivity contribution in [1.29, 1.82) is 0 Å². The highest BCUT2D eigenvalue weighted by Crippen LogP contribution is 2.29. The molecule has 1 aliphatic carbocycles. The van der Waals surface area contributed by atoms with E-state index in [4.69, 9.17) is 17.3 Å². The van der Waals surface area contributed by atoms with E-state index in [1.54, 1.807) is 12.1 Å². The van der Waals surface area contributed by atoms with Crippen LogP contribution in [0.1, 0.15) is 19.3 Å². The Morgan fingerprint density at radius 3 is 2.81 bits per heavy atom. The maximum atomic E-state index is 13.7. The Balaban J connectivity index is 2.25. The molecule has 4 heteroatoms. The van der Waals surface area contributed by atoms with Crippen LogP contribution in [0.3, 0.4) is 0 Å². The second-order valence-electron chi connectivity index (χ2n) is 4.37. The van der Waals surface area contributed by atoms with E-state index in [1.165, 1.54) is 6.07 Å². The first-order valence-electron chi connectivity index (χ1n) is 5.53. The summed E-state index contributed by atoms with van der Waals surface area (Å²) in [6.07, 6.45) is 3.14. The summed E-state index contributed by atoms with van der Waals surface area (Å²) < 4.78 is 13.7. The second kappa shape index (κ2) is 4.60. The van der Waals surface area contributed by atoms with Gasteiger partial charge in [-0.2, -0.15) is 0 Å². The van der Waals surface area contributed by atoms with Crippen LogP contribution in [-0.2, 0) is 0 Å². The zero-order chi connectivity index (χ0) is 11.7. The van der Waals surface area contributed by atoms with E-state index < -0.39 is 0 Å². The Kier molecular flexibility index (Phi) is 3.36. The zero-order valence-electron chi connectivity index (χ0n) is 9.29. The summed E-state index contributed by atoms with van der Waals surface area (Å²) in [5, 5.41) is 0.551. The minimum atomic E-state index is -0.244. The number of rotatable bonds is 2. The zero-order valence-corrected chi connectivity index (χ0v) is 10.0. The lowest BCUT2D eigenvalue weighted by molar-refractivity contribution is 0.554. The van der Waals surface area contributed by atoms with Gasteiger partial charge in [0.15, 0.2) is 0 Å². The third-order valence-corrected chi connectivity index (χ3v) is 3.55. The molecule has 2 N–H and O–H groups in total. The van der Waals surface area contributed by atoms with Crippen molar-refractivity contribution in [3.63, 3.8) is 0 Å². The summed E-state index contributed by atoms with van der Waals surface area (Å²) >= 11 is 5.88. The van der Waals surface area contributed by atoms with Crippen molar-refractivity contribution in [2.45, 2.75) is 31.3 Å². The molecule has 2 nitrogen and oxygen atoms in total. The molecule has 0 spiro atoms. The van der Waals surface area contributed by atoms with Gasteiger partial charge in [0, 0.05) is 24.2 Å². The van der Waals surface area contributed by atoms with Gasteiger partial charge in [-0.05, 0) is 37.5 Å². The van der Waals surface area contributed by atoms with E-state index in [1.807, 2.05) is 11.9 Å². The molecule has 0 saturated heterocycles. The molecule has 1 saturated carbocycles. The molecule has 1 aromatic rings. The average Bonchev–Trinajstić information content (AvgIpc) is 2.67. The van der Waals surface area contributed by atoms with Crippen LogP contribution in [0.5, 0.6) is 0 Å². The Morgan fingerprint density at radius 1 is 1.44 bits per heavy atom. The quantitative estimate of drug-likeness (QED) is 0.864. The first-order chi connectivity index (χ1) is 7.59. The van der Waals surface area contributed by atoms with Crippen molar-refractivity contribution in [1.82, 2.24) is 0 Å². The van der Waals surface area contributed by atoms with Gasteiger partial charge in [0.2, 0.25) is 0 Å². The summed E-state index contributed by atoms with van der Waals surface area (Å²) in [5.74, 6) is -0.244. The van der Waals surface area contributed by atoms with Gasteiger partial charge in [-0.1, -0.05) is 11.6 Å². The van der Waals surface area contributed by atoms with Gasteiger partial charge in [-0.3, -0.25) is 0 Å². The van der Waals surface area contributed by atoms with Crippen LogP contribution in [0.25, 0.3) is 0 Å². The van der Waals surface area contributed by atoms with E-state index in [2.05, 4.69) is 0 Å². The van der Waals surface area contributed by atoms with Gasteiger partial charge in [0.05, 0.1) is 5.69 Å². The first kappa shape index (κ1) is 11.7. The highest BCUT2D eigenvalue weighted by Gasteiger charge is 2.28. The Bertz CT molecular complexity index is 383. The van der Waals surface area contributed by atoms with Gasteiger partial charge < -0.3 is 10.6 Å². The topological polar surface area (TPSA) is 29.3 Å². The van der Waals surface area contributed by atoms with Gasteiger partial charge in [-0.15, -0.1) is 0 Å². The molecule has 88 valence electrons. The third kappa shape index (κ3) is 2.15. The largest absolute Gasteiger partial charge is 0.368 e. The van der Waals surface area contributed by atoms with Crippen molar-refractivity contribution < 1.29 is 4.39 Å². The summed E-state index contributed by atoms with van der Waals surface area (Å²) in [6.45, 7) is 0. The molecule has 2 atom stereocenters. The molecule has 1 aromatic carbocycles. The number of nitrogens with two attached hydrogens (primary N) is 1. The van der Waals surface area contributed by atoms with Gasteiger partial charge in [-0.25, -0.2) is 4.39 Å². The molecule has 0 heterocycles. The lowest BCUT2D eigenvalue weighted by Gasteiger charge is -2.30. The Morgan fingerprint density at radius 2 is 2.19 bits per heavy atom. The molecule has 2 rings (SSSR count). The molecular weight excluding hydrogens is 227 g/mol. The van der Waals surface area contributed by atoms with E-state index >= 15 is 0 Å². The van der Waals surface area contributed by atoms with Crippen LogP contribution in [0.4, 0.5) is 10.1 Å². The number of nitrogens with zero attached hydrogens (tertiary/aromatic N) is 1. The van der Waals surface area contributed by atoms with E-state index in [-0.39, 0.29) is 17.9 Å². The monoisotopic (exact) mass is 242 g/mol. The number of likely N-dealkylation sites (N-methyl/N-ethyl adjacent to an activating group) is 1. The third-order valence-electron chi connectivity index (χ3n) is 3.32. The minimum absolute atomic E-state index is 0.128. The minimum Gasteiger partial charge on any atom is -0.368 e.